The lowest BCUT2D eigenvalue weighted by Gasteiger charge is -2.11. The van der Waals surface area contributed by atoms with Gasteiger partial charge in [-0.05, 0) is 32.4 Å². The van der Waals surface area contributed by atoms with Crippen molar-refractivity contribution in [2.45, 2.75) is 90.0 Å². The van der Waals surface area contributed by atoms with E-state index in [0.717, 1.165) is 32.5 Å². The van der Waals surface area contributed by atoms with Crippen molar-refractivity contribution in [3.8, 4) is 0 Å². The highest BCUT2D eigenvalue weighted by molar-refractivity contribution is 4.64. The van der Waals surface area contributed by atoms with Crippen molar-refractivity contribution in [1.82, 2.24) is 5.32 Å². The molecule has 0 heterocycles. The molecule has 122 valence electrons. The molecular weight excluding hydrogens is 246 g/mol. The van der Waals surface area contributed by atoms with Crippen molar-refractivity contribution >= 4 is 0 Å². The number of nitrogens with one attached hydrogen (secondary N) is 1. The zero-order valence-corrected chi connectivity index (χ0v) is 13.8. The van der Waals surface area contributed by atoms with E-state index in [-0.39, 0.29) is 6.04 Å². The zero-order valence-electron chi connectivity index (χ0n) is 13.8. The van der Waals surface area contributed by atoms with Gasteiger partial charge in [-0.1, -0.05) is 64.7 Å². The van der Waals surface area contributed by atoms with Crippen molar-refractivity contribution in [3.63, 3.8) is 0 Å². The molecule has 0 radical (unpaired) electrons. The first-order chi connectivity index (χ1) is 9.81. The molecule has 0 aromatic heterocycles. The molecule has 0 unspecified atom stereocenters. The fourth-order valence-electron chi connectivity index (χ4n) is 2.51. The third kappa shape index (κ3) is 15.9. The Morgan fingerprint density at radius 3 is 1.90 bits per heavy atom. The number of rotatable bonds is 16. The number of hydrogen-bond donors (Lipinski definition) is 3. The standard InChI is InChI=1S/C17H39N3/c1-2-3-4-5-6-7-8-9-10-11-15-20-16-17(19)13-12-14-18/h17,20H,2-16,18-19H2,1H3/t17-/m0/s1. The Morgan fingerprint density at radius 1 is 0.800 bits per heavy atom. The van der Waals surface area contributed by atoms with Crippen molar-refractivity contribution in [2.75, 3.05) is 19.6 Å². The summed E-state index contributed by atoms with van der Waals surface area (Å²) in [6, 6.07) is 0.279. The second-order valence-electron chi connectivity index (χ2n) is 6.08. The Hall–Kier alpha value is -0.120. The normalized spacial score (nSPS) is 12.8. The molecule has 3 nitrogen and oxygen atoms in total. The first kappa shape index (κ1) is 19.9. The van der Waals surface area contributed by atoms with E-state index in [9.17, 15) is 0 Å². The van der Waals surface area contributed by atoms with Gasteiger partial charge in [0.05, 0.1) is 0 Å². The smallest absolute Gasteiger partial charge is 0.0165 e. The predicted molar refractivity (Wildman–Crippen MR) is 91.0 cm³/mol. The van der Waals surface area contributed by atoms with Crippen LogP contribution in [0.5, 0.6) is 0 Å². The first-order valence-electron chi connectivity index (χ1n) is 8.97. The molecule has 0 aliphatic heterocycles. The molecule has 0 aliphatic rings. The fraction of sp³-hybridized carbons (Fsp3) is 1.00. The molecule has 0 fully saturated rings. The van der Waals surface area contributed by atoms with Crippen LogP contribution < -0.4 is 16.8 Å². The predicted octanol–water partition coefficient (Wildman–Crippen LogP) is 3.56. The lowest BCUT2D eigenvalue weighted by Crippen LogP contribution is -2.34. The highest BCUT2D eigenvalue weighted by Crippen LogP contribution is 2.10. The maximum atomic E-state index is 5.97. The molecule has 1 atom stereocenters. The molecule has 0 amide bonds. The average Bonchev–Trinajstić information content (AvgIpc) is 2.46. The third-order valence-corrected chi connectivity index (χ3v) is 3.89. The minimum Gasteiger partial charge on any atom is -0.330 e. The summed E-state index contributed by atoms with van der Waals surface area (Å²) in [6.45, 7) is 5.09. The van der Waals surface area contributed by atoms with E-state index in [4.69, 9.17) is 11.5 Å². The van der Waals surface area contributed by atoms with Crippen LogP contribution in [0.2, 0.25) is 0 Å². The summed E-state index contributed by atoms with van der Waals surface area (Å²) >= 11 is 0. The van der Waals surface area contributed by atoms with Crippen molar-refractivity contribution < 1.29 is 0 Å². The lowest BCUT2D eigenvalue weighted by molar-refractivity contribution is 0.508. The molecule has 0 bridgehead atoms. The molecule has 0 aromatic carbocycles. The van der Waals surface area contributed by atoms with Crippen LogP contribution in [0.3, 0.4) is 0 Å². The Morgan fingerprint density at radius 2 is 1.35 bits per heavy atom. The summed E-state index contributed by atoms with van der Waals surface area (Å²) in [5.41, 5.74) is 11.4. The Balaban J connectivity index is 3.02. The Bertz CT molecular complexity index is 174. The number of nitrogens with two attached hydrogens (primary N) is 2. The largest absolute Gasteiger partial charge is 0.330 e. The van der Waals surface area contributed by atoms with Crippen molar-refractivity contribution in [2.24, 2.45) is 11.5 Å². The van der Waals surface area contributed by atoms with Gasteiger partial charge < -0.3 is 16.8 Å². The van der Waals surface area contributed by atoms with E-state index in [1.807, 2.05) is 0 Å². The maximum Gasteiger partial charge on any atom is 0.0165 e. The molecule has 0 aromatic rings. The third-order valence-electron chi connectivity index (χ3n) is 3.89. The summed E-state index contributed by atoms with van der Waals surface area (Å²) in [7, 11) is 0. The first-order valence-corrected chi connectivity index (χ1v) is 8.97. The van der Waals surface area contributed by atoms with Crippen LogP contribution >= 0.6 is 0 Å². The molecule has 0 aliphatic carbocycles. The minimum absolute atomic E-state index is 0.279. The van der Waals surface area contributed by atoms with Gasteiger partial charge in [0, 0.05) is 12.6 Å². The van der Waals surface area contributed by atoms with Crippen LogP contribution in [0.1, 0.15) is 84.0 Å². The van der Waals surface area contributed by atoms with Crippen molar-refractivity contribution in [1.29, 1.82) is 0 Å². The van der Waals surface area contributed by atoms with Gasteiger partial charge in [0.1, 0.15) is 0 Å². The second-order valence-corrected chi connectivity index (χ2v) is 6.08. The van der Waals surface area contributed by atoms with Crippen LogP contribution in [0.15, 0.2) is 0 Å². The second kappa shape index (κ2) is 16.9. The molecule has 0 rings (SSSR count). The maximum absolute atomic E-state index is 5.97. The van der Waals surface area contributed by atoms with Crippen LogP contribution in [0.25, 0.3) is 0 Å². The molecule has 0 spiro atoms. The fourth-order valence-corrected chi connectivity index (χ4v) is 2.51. The van der Waals surface area contributed by atoms with E-state index >= 15 is 0 Å². The van der Waals surface area contributed by atoms with Crippen molar-refractivity contribution in [3.05, 3.63) is 0 Å². The van der Waals surface area contributed by atoms with E-state index in [2.05, 4.69) is 12.2 Å². The van der Waals surface area contributed by atoms with Gasteiger partial charge in [-0.25, -0.2) is 0 Å². The molecule has 3 heteroatoms. The quantitative estimate of drug-likeness (QED) is 0.380. The minimum atomic E-state index is 0.279. The topological polar surface area (TPSA) is 64.1 Å². The van der Waals surface area contributed by atoms with Gasteiger partial charge >= 0.3 is 0 Å². The van der Waals surface area contributed by atoms with Crippen LogP contribution in [0.4, 0.5) is 0 Å². The average molecular weight is 286 g/mol. The molecule has 0 saturated heterocycles. The number of unbranched alkanes of at least 4 members (excludes halogenated alkanes) is 9. The highest BCUT2D eigenvalue weighted by atomic mass is 14.9. The summed E-state index contributed by atoms with van der Waals surface area (Å²) in [5, 5.41) is 3.45. The zero-order chi connectivity index (χ0) is 14.9. The van der Waals surface area contributed by atoms with Gasteiger partial charge in [-0.2, -0.15) is 0 Å². The van der Waals surface area contributed by atoms with Crippen LogP contribution in [-0.2, 0) is 0 Å². The monoisotopic (exact) mass is 285 g/mol. The molecule has 20 heavy (non-hydrogen) atoms. The van der Waals surface area contributed by atoms with Crippen LogP contribution in [-0.4, -0.2) is 25.7 Å². The lowest BCUT2D eigenvalue weighted by atomic mass is 10.1. The summed E-state index contributed by atoms with van der Waals surface area (Å²) in [4.78, 5) is 0. The van der Waals surface area contributed by atoms with Gasteiger partial charge in [0.15, 0.2) is 0 Å². The van der Waals surface area contributed by atoms with E-state index in [1.165, 1.54) is 64.2 Å². The van der Waals surface area contributed by atoms with E-state index < -0.39 is 0 Å². The summed E-state index contributed by atoms with van der Waals surface area (Å²) in [5.74, 6) is 0. The van der Waals surface area contributed by atoms with Gasteiger partial charge in [-0.3, -0.25) is 0 Å². The molecule has 5 N–H and O–H groups in total. The van der Waals surface area contributed by atoms with Crippen LogP contribution in [0, 0.1) is 0 Å². The van der Waals surface area contributed by atoms with Gasteiger partial charge in [-0.15, -0.1) is 0 Å². The van der Waals surface area contributed by atoms with E-state index in [0.29, 0.717) is 0 Å². The molecule has 0 saturated carbocycles. The molecular formula is C17H39N3. The SMILES string of the molecule is CCCCCCCCCCCCNC[C@@H](N)CCCN. The Kier molecular flexibility index (Phi) is 16.8. The number of hydrogen-bond acceptors (Lipinski definition) is 3. The van der Waals surface area contributed by atoms with Gasteiger partial charge in [0.25, 0.3) is 0 Å². The summed E-state index contributed by atoms with van der Waals surface area (Å²) in [6.07, 6.45) is 16.1. The van der Waals surface area contributed by atoms with E-state index in [1.54, 1.807) is 0 Å². The van der Waals surface area contributed by atoms with Gasteiger partial charge in [0.2, 0.25) is 0 Å². The highest BCUT2D eigenvalue weighted by Gasteiger charge is 2.00. The summed E-state index contributed by atoms with van der Waals surface area (Å²) < 4.78 is 0. The Labute approximate surface area is 127 Å².